The number of nitrogens with zero attached hydrogens (tertiary/aromatic N) is 1. The van der Waals surface area contributed by atoms with Gasteiger partial charge in [0.1, 0.15) is 0 Å². The second kappa shape index (κ2) is 5.72. The zero-order valence-electron chi connectivity index (χ0n) is 10.8. The van der Waals surface area contributed by atoms with Crippen molar-refractivity contribution in [2.24, 2.45) is 0 Å². The lowest BCUT2D eigenvalue weighted by molar-refractivity contribution is 0.455. The van der Waals surface area contributed by atoms with Crippen LogP contribution in [0.2, 0.25) is 5.02 Å². The van der Waals surface area contributed by atoms with Gasteiger partial charge < -0.3 is 5.32 Å². The molecular formula is C16H17ClN2. The number of aromatic nitrogens is 1. The molecule has 1 atom stereocenters. The minimum absolute atomic E-state index is 0.535. The van der Waals surface area contributed by atoms with E-state index in [1.165, 1.54) is 18.5 Å². The van der Waals surface area contributed by atoms with Crippen LogP contribution in [0.1, 0.15) is 24.5 Å². The zero-order valence-corrected chi connectivity index (χ0v) is 11.5. The number of rotatable bonds is 2. The van der Waals surface area contributed by atoms with Gasteiger partial charge in [0, 0.05) is 28.7 Å². The second-order valence-electron chi connectivity index (χ2n) is 5.00. The standard InChI is InChI=1S/C16H17ClN2/c17-14-6-1-4-12(10-14)15-7-2-8-16(19-15)13-5-3-9-18-11-13/h1-2,4,6-8,10,13,18H,3,5,9,11H2/t13-/m1/s1. The lowest BCUT2D eigenvalue weighted by Gasteiger charge is -2.22. The minimum atomic E-state index is 0.535. The van der Waals surface area contributed by atoms with Gasteiger partial charge in [0.25, 0.3) is 0 Å². The average Bonchev–Trinajstić information content (AvgIpc) is 2.48. The van der Waals surface area contributed by atoms with Crippen LogP contribution in [0.4, 0.5) is 0 Å². The number of nitrogens with one attached hydrogen (secondary N) is 1. The molecule has 1 saturated heterocycles. The van der Waals surface area contributed by atoms with Gasteiger partial charge in [-0.05, 0) is 43.7 Å². The van der Waals surface area contributed by atoms with Crippen molar-refractivity contribution < 1.29 is 0 Å². The van der Waals surface area contributed by atoms with Gasteiger partial charge in [0.2, 0.25) is 0 Å². The molecule has 1 aliphatic rings. The monoisotopic (exact) mass is 272 g/mol. The smallest absolute Gasteiger partial charge is 0.0705 e. The van der Waals surface area contributed by atoms with Crippen molar-refractivity contribution in [1.29, 1.82) is 0 Å². The van der Waals surface area contributed by atoms with E-state index < -0.39 is 0 Å². The molecule has 2 heterocycles. The highest BCUT2D eigenvalue weighted by molar-refractivity contribution is 6.30. The summed E-state index contributed by atoms with van der Waals surface area (Å²) in [6, 6.07) is 14.1. The SMILES string of the molecule is Clc1cccc(-c2cccc([C@@H]3CCCNC3)n2)c1. The molecule has 0 spiro atoms. The van der Waals surface area contributed by atoms with E-state index in [0.29, 0.717) is 5.92 Å². The summed E-state index contributed by atoms with van der Waals surface area (Å²) in [6.45, 7) is 2.16. The third-order valence-electron chi connectivity index (χ3n) is 3.61. The maximum atomic E-state index is 6.05. The Morgan fingerprint density at radius 1 is 1.16 bits per heavy atom. The van der Waals surface area contributed by atoms with Crippen LogP contribution in [0.25, 0.3) is 11.3 Å². The predicted octanol–water partition coefficient (Wildman–Crippen LogP) is 3.87. The van der Waals surface area contributed by atoms with Crippen LogP contribution in [0, 0.1) is 0 Å². The molecule has 0 unspecified atom stereocenters. The predicted molar refractivity (Wildman–Crippen MR) is 79.5 cm³/mol. The fourth-order valence-electron chi connectivity index (χ4n) is 2.59. The quantitative estimate of drug-likeness (QED) is 0.898. The highest BCUT2D eigenvalue weighted by Gasteiger charge is 2.16. The summed E-state index contributed by atoms with van der Waals surface area (Å²) in [5.74, 6) is 0.535. The van der Waals surface area contributed by atoms with E-state index in [-0.39, 0.29) is 0 Å². The Labute approximate surface area is 118 Å². The Hall–Kier alpha value is -1.38. The second-order valence-corrected chi connectivity index (χ2v) is 5.44. The van der Waals surface area contributed by atoms with E-state index in [1.54, 1.807) is 0 Å². The van der Waals surface area contributed by atoms with Crippen molar-refractivity contribution in [1.82, 2.24) is 10.3 Å². The van der Waals surface area contributed by atoms with Crippen molar-refractivity contribution in [3.05, 3.63) is 53.2 Å². The third-order valence-corrected chi connectivity index (χ3v) is 3.84. The third kappa shape index (κ3) is 2.96. The van der Waals surface area contributed by atoms with Gasteiger partial charge in [0.15, 0.2) is 0 Å². The fraction of sp³-hybridized carbons (Fsp3) is 0.312. The minimum Gasteiger partial charge on any atom is -0.316 e. The Morgan fingerprint density at radius 3 is 2.84 bits per heavy atom. The summed E-state index contributed by atoms with van der Waals surface area (Å²) >= 11 is 6.05. The summed E-state index contributed by atoms with van der Waals surface area (Å²) < 4.78 is 0. The largest absolute Gasteiger partial charge is 0.316 e. The van der Waals surface area contributed by atoms with E-state index >= 15 is 0 Å². The molecule has 2 aromatic rings. The van der Waals surface area contributed by atoms with Gasteiger partial charge in [-0.25, -0.2) is 0 Å². The number of pyridine rings is 1. The van der Waals surface area contributed by atoms with E-state index in [1.807, 2.05) is 24.3 Å². The van der Waals surface area contributed by atoms with Gasteiger partial charge in [-0.15, -0.1) is 0 Å². The van der Waals surface area contributed by atoms with E-state index in [4.69, 9.17) is 16.6 Å². The van der Waals surface area contributed by atoms with Gasteiger partial charge in [-0.1, -0.05) is 29.8 Å². The molecule has 98 valence electrons. The summed E-state index contributed by atoms with van der Waals surface area (Å²) in [5.41, 5.74) is 3.27. The van der Waals surface area contributed by atoms with Gasteiger partial charge in [-0.3, -0.25) is 4.98 Å². The van der Waals surface area contributed by atoms with Crippen LogP contribution in [-0.4, -0.2) is 18.1 Å². The highest BCUT2D eigenvalue weighted by atomic mass is 35.5. The fourth-order valence-corrected chi connectivity index (χ4v) is 2.78. The van der Waals surface area contributed by atoms with Crippen molar-refractivity contribution in [3.8, 4) is 11.3 Å². The molecule has 0 amide bonds. The Balaban J connectivity index is 1.91. The molecule has 0 bridgehead atoms. The summed E-state index contributed by atoms with van der Waals surface area (Å²) in [5, 5.41) is 4.19. The number of benzene rings is 1. The van der Waals surface area contributed by atoms with Crippen molar-refractivity contribution in [2.75, 3.05) is 13.1 Å². The molecule has 2 nitrogen and oxygen atoms in total. The van der Waals surface area contributed by atoms with Crippen LogP contribution in [0.3, 0.4) is 0 Å². The van der Waals surface area contributed by atoms with Crippen LogP contribution in [-0.2, 0) is 0 Å². The van der Waals surface area contributed by atoms with E-state index in [9.17, 15) is 0 Å². The lowest BCUT2D eigenvalue weighted by atomic mass is 9.95. The first kappa shape index (κ1) is 12.6. The molecule has 1 fully saturated rings. The number of hydrogen-bond acceptors (Lipinski definition) is 2. The maximum absolute atomic E-state index is 6.05. The number of hydrogen-bond donors (Lipinski definition) is 1. The van der Waals surface area contributed by atoms with E-state index in [0.717, 1.165) is 29.4 Å². The van der Waals surface area contributed by atoms with Gasteiger partial charge >= 0.3 is 0 Å². The maximum Gasteiger partial charge on any atom is 0.0705 e. The molecule has 0 saturated carbocycles. The highest BCUT2D eigenvalue weighted by Crippen LogP contribution is 2.25. The molecule has 3 heteroatoms. The molecule has 3 rings (SSSR count). The Morgan fingerprint density at radius 2 is 2.05 bits per heavy atom. The molecule has 1 aromatic heterocycles. The topological polar surface area (TPSA) is 24.9 Å². The normalized spacial score (nSPS) is 19.3. The van der Waals surface area contributed by atoms with Crippen molar-refractivity contribution in [3.63, 3.8) is 0 Å². The Kier molecular flexibility index (Phi) is 3.81. The Bertz CT molecular complexity index is 562. The molecule has 1 aliphatic heterocycles. The van der Waals surface area contributed by atoms with Crippen LogP contribution in [0.15, 0.2) is 42.5 Å². The van der Waals surface area contributed by atoms with Crippen molar-refractivity contribution in [2.45, 2.75) is 18.8 Å². The average molecular weight is 273 g/mol. The van der Waals surface area contributed by atoms with Gasteiger partial charge in [0.05, 0.1) is 5.69 Å². The summed E-state index contributed by atoms with van der Waals surface area (Å²) in [4.78, 5) is 4.81. The van der Waals surface area contributed by atoms with Crippen LogP contribution < -0.4 is 5.32 Å². The zero-order chi connectivity index (χ0) is 13.1. The number of piperidine rings is 1. The molecule has 0 aliphatic carbocycles. The first-order valence-corrected chi connectivity index (χ1v) is 7.14. The molecule has 19 heavy (non-hydrogen) atoms. The van der Waals surface area contributed by atoms with Crippen molar-refractivity contribution >= 4 is 11.6 Å². The molecular weight excluding hydrogens is 256 g/mol. The van der Waals surface area contributed by atoms with Crippen LogP contribution in [0.5, 0.6) is 0 Å². The summed E-state index contributed by atoms with van der Waals surface area (Å²) in [6.07, 6.45) is 2.45. The molecule has 1 N–H and O–H groups in total. The molecule has 1 aromatic carbocycles. The van der Waals surface area contributed by atoms with Gasteiger partial charge in [-0.2, -0.15) is 0 Å². The first-order chi connectivity index (χ1) is 9.33. The van der Waals surface area contributed by atoms with Crippen LogP contribution >= 0.6 is 11.6 Å². The number of halogens is 1. The lowest BCUT2D eigenvalue weighted by Crippen LogP contribution is -2.28. The van der Waals surface area contributed by atoms with E-state index in [2.05, 4.69) is 23.5 Å². The molecule has 0 radical (unpaired) electrons. The summed E-state index contributed by atoms with van der Waals surface area (Å²) in [7, 11) is 0. The first-order valence-electron chi connectivity index (χ1n) is 6.76.